The Kier molecular flexibility index (Phi) is 5.01. The average molecular weight is 421 g/mol. The molecule has 2 heterocycles. The van der Waals surface area contributed by atoms with Gasteiger partial charge in [0.2, 0.25) is 0 Å². The van der Waals surface area contributed by atoms with Crippen molar-refractivity contribution in [3.05, 3.63) is 78.6 Å². The number of phenolic OH excluding ortho intramolecular Hbond substituents is 1. The third-order valence-electron chi connectivity index (χ3n) is 4.75. The number of aromatic hydroxyl groups is 1. The molecule has 2 aromatic heterocycles. The third kappa shape index (κ3) is 3.77. The molecule has 7 nitrogen and oxygen atoms in total. The van der Waals surface area contributed by atoms with Crippen LogP contribution in [-0.2, 0) is 9.84 Å². The van der Waals surface area contributed by atoms with Crippen molar-refractivity contribution < 1.29 is 18.3 Å². The Morgan fingerprint density at radius 2 is 1.87 bits per heavy atom. The molecule has 0 radical (unpaired) electrons. The topological polar surface area (TPSA) is 101 Å². The van der Waals surface area contributed by atoms with E-state index in [9.17, 15) is 18.3 Å². The Morgan fingerprint density at radius 3 is 2.60 bits per heavy atom. The van der Waals surface area contributed by atoms with Gasteiger partial charge in [-0.2, -0.15) is 0 Å². The van der Waals surface area contributed by atoms with Crippen molar-refractivity contribution in [2.45, 2.75) is 11.8 Å². The summed E-state index contributed by atoms with van der Waals surface area (Å²) in [5.74, 6) is -0.777. The molecule has 8 heteroatoms. The van der Waals surface area contributed by atoms with Gasteiger partial charge in [0, 0.05) is 23.5 Å². The number of hydrogen-bond acceptors (Lipinski definition) is 5. The quantitative estimate of drug-likeness (QED) is 0.478. The number of nitrogens with zero attached hydrogens (tertiary/aromatic N) is 2. The van der Waals surface area contributed by atoms with Gasteiger partial charge < -0.3 is 14.8 Å². The number of pyridine rings is 1. The fourth-order valence-electron chi connectivity index (χ4n) is 3.04. The molecule has 0 aliphatic heterocycles. The molecule has 0 unspecified atom stereocenters. The third-order valence-corrected chi connectivity index (χ3v) is 6.48. The molecule has 30 heavy (non-hydrogen) atoms. The van der Waals surface area contributed by atoms with Crippen molar-refractivity contribution in [3.63, 3.8) is 0 Å². The lowest BCUT2D eigenvalue weighted by molar-refractivity contribution is 0.102. The summed E-state index contributed by atoms with van der Waals surface area (Å²) in [6.45, 7) is 1.53. The van der Waals surface area contributed by atoms with E-state index in [-0.39, 0.29) is 22.1 Å². The van der Waals surface area contributed by atoms with Crippen LogP contribution < -0.4 is 5.32 Å². The van der Waals surface area contributed by atoms with E-state index in [1.165, 1.54) is 25.1 Å². The van der Waals surface area contributed by atoms with E-state index in [1.54, 1.807) is 18.3 Å². The first-order chi connectivity index (χ1) is 14.4. The minimum atomic E-state index is -3.47. The second-order valence-corrected chi connectivity index (χ2v) is 8.99. The van der Waals surface area contributed by atoms with Gasteiger partial charge in [0.25, 0.3) is 5.91 Å². The van der Waals surface area contributed by atoms with E-state index >= 15 is 0 Å². The predicted octanol–water partition coefficient (Wildman–Crippen LogP) is 3.75. The van der Waals surface area contributed by atoms with Crippen molar-refractivity contribution in [2.75, 3.05) is 11.1 Å². The maximum Gasteiger partial charge on any atom is 0.255 e. The Balaban J connectivity index is 1.63. The van der Waals surface area contributed by atoms with Crippen LogP contribution in [-0.4, -0.2) is 34.6 Å². The lowest BCUT2D eigenvalue weighted by Crippen LogP contribution is -2.13. The number of sulfone groups is 1. The Hall–Kier alpha value is -3.65. The number of rotatable bonds is 5. The van der Waals surface area contributed by atoms with Gasteiger partial charge in [-0.3, -0.25) is 4.79 Å². The van der Waals surface area contributed by atoms with Crippen LogP contribution in [0.25, 0.3) is 16.9 Å². The first-order valence-corrected chi connectivity index (χ1v) is 10.9. The second-order valence-electron chi connectivity index (χ2n) is 6.71. The molecule has 0 saturated carbocycles. The number of benzene rings is 2. The Bertz CT molecular complexity index is 1350. The average Bonchev–Trinajstić information content (AvgIpc) is 3.19. The first kappa shape index (κ1) is 19.7. The summed E-state index contributed by atoms with van der Waals surface area (Å²) in [7, 11) is -3.47. The van der Waals surface area contributed by atoms with Crippen LogP contribution in [0.15, 0.2) is 78.0 Å². The minimum Gasteiger partial charge on any atom is -0.506 e. The van der Waals surface area contributed by atoms with Gasteiger partial charge in [0.05, 0.1) is 22.0 Å². The number of anilines is 1. The summed E-state index contributed by atoms with van der Waals surface area (Å²) in [4.78, 5) is 17.3. The second kappa shape index (κ2) is 7.64. The lowest BCUT2D eigenvalue weighted by Gasteiger charge is -2.10. The molecule has 2 aromatic carbocycles. The number of carbonyl (C=O) groups is 1. The molecule has 0 aliphatic carbocycles. The van der Waals surface area contributed by atoms with Crippen LogP contribution in [0.5, 0.6) is 5.75 Å². The summed E-state index contributed by atoms with van der Waals surface area (Å²) in [5, 5.41) is 12.6. The molecule has 1 amide bonds. The monoisotopic (exact) mass is 421 g/mol. The summed E-state index contributed by atoms with van der Waals surface area (Å²) < 4.78 is 26.0. The zero-order valence-electron chi connectivity index (χ0n) is 16.1. The standard InChI is InChI=1S/C22H19N3O4S/c1-2-30(28,29)17-8-9-20(26)18(13-17)24-22(27)16-10-11-25-14-19(23-21(25)12-16)15-6-4-3-5-7-15/h3-14,26H,2H2,1H3,(H,24,27). The molecule has 4 rings (SSSR count). The Labute approximate surface area is 173 Å². The van der Waals surface area contributed by atoms with Crippen molar-refractivity contribution in [1.29, 1.82) is 0 Å². The van der Waals surface area contributed by atoms with Gasteiger partial charge in [-0.25, -0.2) is 13.4 Å². The fraction of sp³-hybridized carbons (Fsp3) is 0.0909. The number of phenols is 1. The smallest absolute Gasteiger partial charge is 0.255 e. The lowest BCUT2D eigenvalue weighted by atomic mass is 10.2. The highest BCUT2D eigenvalue weighted by Gasteiger charge is 2.16. The zero-order chi connectivity index (χ0) is 21.3. The molecule has 2 N–H and O–H groups in total. The number of imidazole rings is 1. The highest BCUT2D eigenvalue weighted by atomic mass is 32.2. The summed E-state index contributed by atoms with van der Waals surface area (Å²) in [5.41, 5.74) is 2.70. The van der Waals surface area contributed by atoms with E-state index in [0.29, 0.717) is 11.2 Å². The molecule has 4 aromatic rings. The van der Waals surface area contributed by atoms with E-state index in [0.717, 1.165) is 11.3 Å². The maximum absolute atomic E-state index is 12.7. The van der Waals surface area contributed by atoms with Crippen LogP contribution in [0.4, 0.5) is 5.69 Å². The van der Waals surface area contributed by atoms with Crippen molar-refractivity contribution in [2.24, 2.45) is 0 Å². The number of carbonyl (C=O) groups excluding carboxylic acids is 1. The maximum atomic E-state index is 12.7. The molecule has 0 spiro atoms. The van der Waals surface area contributed by atoms with Gasteiger partial charge in [-0.1, -0.05) is 37.3 Å². The summed E-state index contributed by atoms with van der Waals surface area (Å²) >= 11 is 0. The van der Waals surface area contributed by atoms with Crippen LogP contribution in [0, 0.1) is 0 Å². The summed E-state index contributed by atoms with van der Waals surface area (Å²) in [6, 6.07) is 16.8. The molecule has 0 bridgehead atoms. The van der Waals surface area contributed by atoms with Gasteiger partial charge in [-0.05, 0) is 30.3 Å². The first-order valence-electron chi connectivity index (χ1n) is 9.28. The van der Waals surface area contributed by atoms with Gasteiger partial charge >= 0.3 is 0 Å². The van der Waals surface area contributed by atoms with E-state index in [4.69, 9.17) is 0 Å². The van der Waals surface area contributed by atoms with Crippen LogP contribution in [0.3, 0.4) is 0 Å². The zero-order valence-corrected chi connectivity index (χ0v) is 16.9. The van der Waals surface area contributed by atoms with Gasteiger partial charge in [0.15, 0.2) is 9.84 Å². The van der Waals surface area contributed by atoms with Gasteiger partial charge in [-0.15, -0.1) is 0 Å². The van der Waals surface area contributed by atoms with Gasteiger partial charge in [0.1, 0.15) is 11.4 Å². The highest BCUT2D eigenvalue weighted by Crippen LogP contribution is 2.27. The molecular formula is C22H19N3O4S. The molecule has 0 aliphatic rings. The Morgan fingerprint density at radius 1 is 1.10 bits per heavy atom. The molecule has 0 saturated heterocycles. The normalized spacial score (nSPS) is 11.5. The number of hydrogen-bond donors (Lipinski definition) is 2. The van der Waals surface area contributed by atoms with Crippen LogP contribution >= 0.6 is 0 Å². The van der Waals surface area contributed by atoms with Crippen molar-refractivity contribution >= 4 is 27.1 Å². The molecule has 0 atom stereocenters. The molecule has 0 fully saturated rings. The largest absolute Gasteiger partial charge is 0.506 e. The summed E-state index contributed by atoms with van der Waals surface area (Å²) in [6.07, 6.45) is 3.60. The van der Waals surface area contributed by atoms with Crippen LogP contribution in [0.2, 0.25) is 0 Å². The van der Waals surface area contributed by atoms with Crippen LogP contribution in [0.1, 0.15) is 17.3 Å². The molecular weight excluding hydrogens is 402 g/mol. The SMILES string of the molecule is CCS(=O)(=O)c1ccc(O)c(NC(=O)c2ccn3cc(-c4ccccc4)nc3c2)c1. The van der Waals surface area contributed by atoms with E-state index in [2.05, 4.69) is 10.3 Å². The number of amides is 1. The number of fused-ring (bicyclic) bond motifs is 1. The predicted molar refractivity (Wildman–Crippen MR) is 114 cm³/mol. The number of aromatic nitrogens is 2. The van der Waals surface area contributed by atoms with E-state index in [1.807, 2.05) is 40.9 Å². The fourth-order valence-corrected chi connectivity index (χ4v) is 3.95. The number of nitrogens with one attached hydrogen (secondary N) is 1. The highest BCUT2D eigenvalue weighted by molar-refractivity contribution is 7.91. The van der Waals surface area contributed by atoms with E-state index < -0.39 is 15.7 Å². The molecule has 152 valence electrons. The minimum absolute atomic E-state index is 0.0303. The van der Waals surface area contributed by atoms with Crippen molar-refractivity contribution in [3.8, 4) is 17.0 Å². The van der Waals surface area contributed by atoms with Crippen molar-refractivity contribution in [1.82, 2.24) is 9.38 Å².